The van der Waals surface area contributed by atoms with Crippen molar-refractivity contribution < 1.29 is 0 Å². The third kappa shape index (κ3) is 9.13. The Morgan fingerprint density at radius 3 is 2.35 bits per heavy atom. The number of unbranched alkanes of at least 4 members (excludes halogenated alkanes) is 1. The third-order valence-corrected chi connectivity index (χ3v) is 11.1. The molecule has 1 saturated carbocycles. The van der Waals surface area contributed by atoms with Gasteiger partial charge in [-0.05, 0) is 136 Å². The Hall–Kier alpha value is -4.10. The molecule has 6 atom stereocenters. The van der Waals surface area contributed by atoms with E-state index in [1.165, 1.54) is 60.2 Å². The Labute approximate surface area is 298 Å². The normalized spacial score (nSPS) is 27.4. The number of allylic oxidation sites excluding steroid dienone is 23. The van der Waals surface area contributed by atoms with Gasteiger partial charge in [-0.3, -0.25) is 0 Å². The molecule has 5 aliphatic rings. The lowest BCUT2D eigenvalue weighted by Gasteiger charge is -2.44. The summed E-state index contributed by atoms with van der Waals surface area (Å²) in [5.41, 5.74) is 8.02. The van der Waals surface area contributed by atoms with Gasteiger partial charge in [-0.15, -0.1) is 19.7 Å². The molecule has 1 fully saturated rings. The maximum absolute atomic E-state index is 4.26. The minimum absolute atomic E-state index is 0.211. The molecule has 5 rings (SSSR count). The first-order valence-corrected chi connectivity index (χ1v) is 18.9. The van der Waals surface area contributed by atoms with Crippen LogP contribution in [0.1, 0.15) is 77.0 Å². The summed E-state index contributed by atoms with van der Waals surface area (Å²) in [6.45, 7) is 20.4. The van der Waals surface area contributed by atoms with E-state index in [2.05, 4.69) is 135 Å². The summed E-state index contributed by atoms with van der Waals surface area (Å²) in [6.07, 6.45) is 56.9. The van der Waals surface area contributed by atoms with Crippen LogP contribution in [0.25, 0.3) is 0 Å². The highest BCUT2D eigenvalue weighted by atomic mass is 15.2. The maximum atomic E-state index is 4.26. The predicted molar refractivity (Wildman–Crippen MR) is 214 cm³/mol. The molecule has 256 valence electrons. The van der Waals surface area contributed by atoms with Crippen LogP contribution in [0.2, 0.25) is 0 Å². The molecule has 0 spiro atoms. The van der Waals surface area contributed by atoms with Crippen molar-refractivity contribution in [3.63, 3.8) is 0 Å². The van der Waals surface area contributed by atoms with E-state index in [1.807, 2.05) is 18.2 Å². The fraction of sp³-hybridized carbons (Fsp3) is 0.375. The number of rotatable bonds is 15. The van der Waals surface area contributed by atoms with Crippen molar-refractivity contribution in [2.45, 2.75) is 77.0 Å². The third-order valence-electron chi connectivity index (χ3n) is 11.1. The average Bonchev–Trinajstić information content (AvgIpc) is 3.13. The molecule has 0 heterocycles. The summed E-state index contributed by atoms with van der Waals surface area (Å²) < 4.78 is 0. The van der Waals surface area contributed by atoms with Gasteiger partial charge in [0.2, 0.25) is 0 Å². The topological polar surface area (TPSA) is 3.24 Å². The van der Waals surface area contributed by atoms with Gasteiger partial charge in [0.25, 0.3) is 0 Å². The summed E-state index contributed by atoms with van der Waals surface area (Å²) >= 11 is 0. The number of nitrogens with zero attached hydrogens (tertiary/aromatic N) is 1. The van der Waals surface area contributed by atoms with Crippen molar-refractivity contribution >= 4 is 0 Å². The molecular formula is C48H59N. The zero-order valence-corrected chi connectivity index (χ0v) is 29.9. The lowest BCUT2D eigenvalue weighted by molar-refractivity contribution is 0.210. The van der Waals surface area contributed by atoms with Gasteiger partial charge in [0.05, 0.1) is 0 Å². The Balaban J connectivity index is 1.55. The van der Waals surface area contributed by atoms with Gasteiger partial charge in [0, 0.05) is 23.0 Å². The molecule has 0 radical (unpaired) electrons. The van der Waals surface area contributed by atoms with Crippen molar-refractivity contribution in [2.24, 2.45) is 35.5 Å². The van der Waals surface area contributed by atoms with Crippen LogP contribution in [0, 0.1) is 35.5 Å². The standard InChI is InChI=1S/C48H59N/c1-6-11-12-13-25-45(39-21-14-20-37(17-7-2)27-28-38(18-8-3)29-30-39)40-31-34-44(35-32-40)49(43(10-5)19-9-4)47-36-33-42-23-15-22-41-24-16-26-46(47)48(41)42/h6-10,13-14,16,19-21,25-26,29-31,33-34,36-38,41-42,45,48H,1-5,11-12,15,17-18,22-24,27-28,32,35H2. The SMILES string of the molecule is C=CC=C(C=C)N(C1=CC=C(C(C=CCCC=C)C2=CC=CC(CC=C)CCC(CC=C)C=C2)CC1)C1=C2C=CCC3CCCC(C=C1)C23. The Kier molecular flexibility index (Phi) is 13.7. The van der Waals surface area contributed by atoms with Crippen LogP contribution in [-0.2, 0) is 0 Å². The van der Waals surface area contributed by atoms with Crippen LogP contribution in [-0.4, -0.2) is 4.90 Å². The highest BCUT2D eigenvalue weighted by molar-refractivity contribution is 5.48. The van der Waals surface area contributed by atoms with Crippen LogP contribution in [0.4, 0.5) is 0 Å². The fourth-order valence-corrected chi connectivity index (χ4v) is 8.61. The molecule has 6 unspecified atom stereocenters. The molecule has 0 saturated heterocycles. The molecular weight excluding hydrogens is 591 g/mol. The zero-order chi connectivity index (χ0) is 34.4. The van der Waals surface area contributed by atoms with Crippen LogP contribution in [0.5, 0.6) is 0 Å². The molecule has 49 heavy (non-hydrogen) atoms. The van der Waals surface area contributed by atoms with E-state index in [-0.39, 0.29) is 5.92 Å². The Morgan fingerprint density at radius 2 is 1.63 bits per heavy atom. The first kappa shape index (κ1) is 36.2. The number of hydrogen-bond acceptors (Lipinski definition) is 1. The molecule has 5 aliphatic carbocycles. The summed E-state index contributed by atoms with van der Waals surface area (Å²) in [6, 6.07) is 0. The lowest BCUT2D eigenvalue weighted by Crippen LogP contribution is -2.35. The molecule has 0 aromatic heterocycles. The summed E-state index contributed by atoms with van der Waals surface area (Å²) in [7, 11) is 0. The Morgan fingerprint density at radius 1 is 0.816 bits per heavy atom. The zero-order valence-electron chi connectivity index (χ0n) is 29.9. The first-order valence-electron chi connectivity index (χ1n) is 18.9. The molecule has 0 N–H and O–H groups in total. The van der Waals surface area contributed by atoms with Gasteiger partial charge in [0.1, 0.15) is 0 Å². The highest BCUT2D eigenvalue weighted by Gasteiger charge is 2.39. The molecule has 0 amide bonds. The van der Waals surface area contributed by atoms with Crippen molar-refractivity contribution in [3.05, 3.63) is 182 Å². The summed E-state index contributed by atoms with van der Waals surface area (Å²) in [5, 5.41) is 0. The second kappa shape index (κ2) is 18.6. The first-order chi connectivity index (χ1) is 24.1. The minimum atomic E-state index is 0.211. The van der Waals surface area contributed by atoms with Crippen LogP contribution in [0.3, 0.4) is 0 Å². The Bertz CT molecular complexity index is 1540. The monoisotopic (exact) mass is 649 g/mol. The molecule has 0 aliphatic heterocycles. The summed E-state index contributed by atoms with van der Waals surface area (Å²) in [5.74, 6) is 3.25. The molecule has 1 heteroatoms. The molecule has 0 aromatic carbocycles. The molecule has 0 bridgehead atoms. The molecule has 1 nitrogen and oxygen atoms in total. The van der Waals surface area contributed by atoms with E-state index in [0.29, 0.717) is 23.7 Å². The van der Waals surface area contributed by atoms with E-state index < -0.39 is 0 Å². The van der Waals surface area contributed by atoms with Crippen LogP contribution >= 0.6 is 0 Å². The van der Waals surface area contributed by atoms with Gasteiger partial charge in [-0.2, -0.15) is 0 Å². The van der Waals surface area contributed by atoms with Gasteiger partial charge in [-0.1, -0.05) is 116 Å². The summed E-state index contributed by atoms with van der Waals surface area (Å²) in [4.78, 5) is 2.48. The average molecular weight is 650 g/mol. The van der Waals surface area contributed by atoms with Crippen LogP contribution in [0.15, 0.2) is 182 Å². The van der Waals surface area contributed by atoms with E-state index in [4.69, 9.17) is 0 Å². The predicted octanol–water partition coefficient (Wildman–Crippen LogP) is 13.3. The number of hydrogen-bond donors (Lipinski definition) is 0. The van der Waals surface area contributed by atoms with Gasteiger partial charge in [0.15, 0.2) is 0 Å². The van der Waals surface area contributed by atoms with E-state index >= 15 is 0 Å². The minimum Gasteiger partial charge on any atom is -0.314 e. The second-order valence-electron chi connectivity index (χ2n) is 14.3. The van der Waals surface area contributed by atoms with Crippen molar-refractivity contribution in [1.29, 1.82) is 0 Å². The largest absolute Gasteiger partial charge is 0.314 e. The van der Waals surface area contributed by atoms with Gasteiger partial charge < -0.3 is 4.90 Å². The van der Waals surface area contributed by atoms with Crippen LogP contribution < -0.4 is 0 Å². The van der Waals surface area contributed by atoms with E-state index in [9.17, 15) is 0 Å². The second-order valence-corrected chi connectivity index (χ2v) is 14.3. The van der Waals surface area contributed by atoms with Gasteiger partial charge >= 0.3 is 0 Å². The van der Waals surface area contributed by atoms with Crippen molar-refractivity contribution in [1.82, 2.24) is 4.90 Å². The molecule has 0 aromatic rings. The van der Waals surface area contributed by atoms with E-state index in [0.717, 1.165) is 56.6 Å². The lowest BCUT2D eigenvalue weighted by atomic mass is 9.63. The maximum Gasteiger partial charge on any atom is 0.0490 e. The van der Waals surface area contributed by atoms with E-state index in [1.54, 1.807) is 0 Å². The van der Waals surface area contributed by atoms with Crippen molar-refractivity contribution in [2.75, 3.05) is 0 Å². The van der Waals surface area contributed by atoms with Gasteiger partial charge in [-0.25, -0.2) is 0 Å². The van der Waals surface area contributed by atoms with Crippen molar-refractivity contribution in [3.8, 4) is 0 Å². The quantitative estimate of drug-likeness (QED) is 0.0969. The smallest absolute Gasteiger partial charge is 0.0490 e. The fourth-order valence-electron chi connectivity index (χ4n) is 8.61. The highest BCUT2D eigenvalue weighted by Crippen LogP contribution is 2.49.